The number of ether oxygens (including phenoxy) is 1. The number of fused-ring (bicyclic) bond motifs is 1. The lowest BCUT2D eigenvalue weighted by molar-refractivity contribution is 0.203. The largest absolute Gasteiger partial charge is 0.497 e. The molecule has 4 aromatic rings. The zero-order chi connectivity index (χ0) is 20.9. The van der Waals surface area contributed by atoms with Gasteiger partial charge in [-0.05, 0) is 42.6 Å². The summed E-state index contributed by atoms with van der Waals surface area (Å²) >= 11 is 0. The number of carbonyl (C=O) groups is 1. The molecule has 7 nitrogen and oxygen atoms in total. The number of amides is 2. The summed E-state index contributed by atoms with van der Waals surface area (Å²) in [5.41, 5.74) is 1.58. The number of nitrogens with zero attached hydrogens (tertiary/aromatic N) is 3. The number of urea groups is 1. The van der Waals surface area contributed by atoms with Crippen molar-refractivity contribution in [2.75, 3.05) is 19.0 Å². The zero-order valence-corrected chi connectivity index (χ0v) is 16.8. The Morgan fingerprint density at radius 2 is 1.83 bits per heavy atom. The van der Waals surface area contributed by atoms with Crippen molar-refractivity contribution in [2.45, 2.75) is 13.5 Å². The fraction of sp³-hybridized carbons (Fsp3) is 0.174. The molecule has 1 aromatic heterocycles. The first kappa shape index (κ1) is 19.4. The van der Waals surface area contributed by atoms with Crippen molar-refractivity contribution in [3.63, 3.8) is 0 Å². The third-order valence-electron chi connectivity index (χ3n) is 4.84. The number of benzene rings is 3. The smallest absolute Gasteiger partial charge is 0.322 e. The Labute approximate surface area is 174 Å². The minimum absolute atomic E-state index is 0.219. The summed E-state index contributed by atoms with van der Waals surface area (Å²) in [6, 6.07) is 20.9. The van der Waals surface area contributed by atoms with Crippen LogP contribution in [0.3, 0.4) is 0 Å². The van der Waals surface area contributed by atoms with Crippen LogP contribution in [0.15, 0.2) is 71.3 Å². The molecule has 0 aliphatic heterocycles. The monoisotopic (exact) mass is 402 g/mol. The molecule has 0 atom stereocenters. The molecular weight excluding hydrogens is 380 g/mol. The molecule has 0 aliphatic rings. The van der Waals surface area contributed by atoms with E-state index >= 15 is 0 Å². The summed E-state index contributed by atoms with van der Waals surface area (Å²) in [6.07, 6.45) is 0. The Balaban J connectivity index is 1.47. The van der Waals surface area contributed by atoms with Crippen LogP contribution < -0.4 is 10.1 Å². The molecule has 0 bridgehead atoms. The van der Waals surface area contributed by atoms with Gasteiger partial charge in [0, 0.05) is 17.5 Å². The van der Waals surface area contributed by atoms with Gasteiger partial charge in [0.15, 0.2) is 0 Å². The molecule has 0 saturated carbocycles. The third kappa shape index (κ3) is 4.10. The molecule has 2 amide bonds. The van der Waals surface area contributed by atoms with Gasteiger partial charge in [0.05, 0.1) is 12.8 Å². The van der Waals surface area contributed by atoms with Crippen LogP contribution in [0.2, 0.25) is 0 Å². The SMILES string of the molecule is CCN(Cc1nc(-c2ccc(OC)cc2)no1)C(=O)Nc1cccc2ccccc12. The van der Waals surface area contributed by atoms with Crippen LogP contribution >= 0.6 is 0 Å². The van der Waals surface area contributed by atoms with Gasteiger partial charge in [0.1, 0.15) is 12.3 Å². The van der Waals surface area contributed by atoms with E-state index in [2.05, 4.69) is 15.5 Å². The Morgan fingerprint density at radius 1 is 1.07 bits per heavy atom. The number of aromatic nitrogens is 2. The standard InChI is InChI=1S/C23H22N4O3/c1-3-27(23(28)24-20-10-6-8-16-7-4-5-9-19(16)20)15-21-25-22(26-30-21)17-11-13-18(29-2)14-12-17/h4-14H,3,15H2,1-2H3,(H,24,28). The molecule has 0 spiro atoms. The topological polar surface area (TPSA) is 80.5 Å². The molecule has 0 fully saturated rings. The average Bonchev–Trinajstić information content (AvgIpc) is 3.26. The molecule has 4 rings (SSSR count). The number of hydrogen-bond acceptors (Lipinski definition) is 5. The lowest BCUT2D eigenvalue weighted by Crippen LogP contribution is -2.34. The summed E-state index contributed by atoms with van der Waals surface area (Å²) in [7, 11) is 1.62. The molecule has 0 unspecified atom stereocenters. The Morgan fingerprint density at radius 3 is 2.60 bits per heavy atom. The molecule has 0 radical (unpaired) electrons. The van der Waals surface area contributed by atoms with Crippen LogP contribution in [0.4, 0.5) is 10.5 Å². The maximum atomic E-state index is 12.9. The van der Waals surface area contributed by atoms with E-state index in [1.54, 1.807) is 12.0 Å². The van der Waals surface area contributed by atoms with Gasteiger partial charge < -0.3 is 19.5 Å². The van der Waals surface area contributed by atoms with Crippen LogP contribution in [-0.4, -0.2) is 34.7 Å². The highest BCUT2D eigenvalue weighted by atomic mass is 16.5. The quantitative estimate of drug-likeness (QED) is 0.493. The highest BCUT2D eigenvalue weighted by molar-refractivity contribution is 6.01. The highest BCUT2D eigenvalue weighted by Gasteiger charge is 2.17. The molecule has 152 valence electrons. The van der Waals surface area contributed by atoms with Crippen molar-refractivity contribution < 1.29 is 14.1 Å². The van der Waals surface area contributed by atoms with Crippen molar-refractivity contribution in [2.24, 2.45) is 0 Å². The van der Waals surface area contributed by atoms with E-state index in [0.717, 1.165) is 27.8 Å². The van der Waals surface area contributed by atoms with E-state index in [4.69, 9.17) is 9.26 Å². The van der Waals surface area contributed by atoms with E-state index in [0.29, 0.717) is 18.3 Å². The number of hydrogen-bond donors (Lipinski definition) is 1. The van der Waals surface area contributed by atoms with Gasteiger partial charge in [-0.15, -0.1) is 0 Å². The predicted molar refractivity (Wildman–Crippen MR) is 115 cm³/mol. The van der Waals surface area contributed by atoms with Crippen molar-refractivity contribution in [1.82, 2.24) is 15.0 Å². The van der Waals surface area contributed by atoms with E-state index in [-0.39, 0.29) is 12.6 Å². The van der Waals surface area contributed by atoms with Crippen molar-refractivity contribution in [1.29, 1.82) is 0 Å². The van der Waals surface area contributed by atoms with Gasteiger partial charge >= 0.3 is 6.03 Å². The molecule has 3 aromatic carbocycles. The van der Waals surface area contributed by atoms with Gasteiger partial charge in [0.25, 0.3) is 0 Å². The number of carbonyl (C=O) groups excluding carboxylic acids is 1. The van der Waals surface area contributed by atoms with Crippen LogP contribution in [0, 0.1) is 0 Å². The van der Waals surface area contributed by atoms with Gasteiger partial charge in [-0.2, -0.15) is 4.98 Å². The molecule has 0 aliphatic carbocycles. The fourth-order valence-electron chi connectivity index (χ4n) is 3.20. The second kappa shape index (κ2) is 8.65. The fourth-order valence-corrected chi connectivity index (χ4v) is 3.20. The molecule has 30 heavy (non-hydrogen) atoms. The minimum Gasteiger partial charge on any atom is -0.497 e. The maximum Gasteiger partial charge on any atom is 0.322 e. The van der Waals surface area contributed by atoms with Crippen LogP contribution in [0.1, 0.15) is 12.8 Å². The molecular formula is C23H22N4O3. The molecule has 7 heteroatoms. The van der Waals surface area contributed by atoms with Crippen LogP contribution in [-0.2, 0) is 6.54 Å². The molecule has 0 saturated heterocycles. The normalized spacial score (nSPS) is 10.7. The van der Waals surface area contributed by atoms with Crippen molar-refractivity contribution in [3.05, 3.63) is 72.6 Å². The Bertz CT molecular complexity index is 1150. The van der Waals surface area contributed by atoms with Crippen LogP contribution in [0.25, 0.3) is 22.2 Å². The minimum atomic E-state index is -0.224. The molecule has 1 N–H and O–H groups in total. The first-order valence-electron chi connectivity index (χ1n) is 9.68. The van der Waals surface area contributed by atoms with E-state index in [1.807, 2.05) is 73.7 Å². The summed E-state index contributed by atoms with van der Waals surface area (Å²) in [5, 5.41) is 9.08. The van der Waals surface area contributed by atoms with Crippen molar-refractivity contribution >= 4 is 22.5 Å². The van der Waals surface area contributed by atoms with E-state index in [1.165, 1.54) is 0 Å². The lowest BCUT2D eigenvalue weighted by Gasteiger charge is -2.20. The average molecular weight is 402 g/mol. The highest BCUT2D eigenvalue weighted by Crippen LogP contribution is 2.24. The van der Waals surface area contributed by atoms with Gasteiger partial charge in [-0.1, -0.05) is 41.6 Å². The second-order valence-electron chi connectivity index (χ2n) is 6.71. The van der Waals surface area contributed by atoms with E-state index in [9.17, 15) is 4.79 Å². The van der Waals surface area contributed by atoms with E-state index < -0.39 is 0 Å². The lowest BCUT2D eigenvalue weighted by atomic mass is 10.1. The first-order valence-corrected chi connectivity index (χ1v) is 9.68. The third-order valence-corrected chi connectivity index (χ3v) is 4.84. The number of methoxy groups -OCH3 is 1. The Hall–Kier alpha value is -3.87. The number of rotatable bonds is 6. The van der Waals surface area contributed by atoms with Gasteiger partial charge in [-0.3, -0.25) is 0 Å². The summed E-state index contributed by atoms with van der Waals surface area (Å²) in [5.74, 6) is 1.60. The van der Waals surface area contributed by atoms with Gasteiger partial charge in [0.2, 0.25) is 11.7 Å². The Kier molecular flexibility index (Phi) is 5.61. The summed E-state index contributed by atoms with van der Waals surface area (Å²) in [4.78, 5) is 18.9. The number of anilines is 1. The second-order valence-corrected chi connectivity index (χ2v) is 6.71. The molecule has 1 heterocycles. The zero-order valence-electron chi connectivity index (χ0n) is 16.8. The van der Waals surface area contributed by atoms with Gasteiger partial charge in [-0.25, -0.2) is 4.79 Å². The predicted octanol–water partition coefficient (Wildman–Crippen LogP) is 4.95. The number of nitrogens with one attached hydrogen (secondary N) is 1. The first-order chi connectivity index (χ1) is 14.7. The maximum absolute atomic E-state index is 12.9. The summed E-state index contributed by atoms with van der Waals surface area (Å²) in [6.45, 7) is 2.62. The van der Waals surface area contributed by atoms with Crippen LogP contribution in [0.5, 0.6) is 5.75 Å². The van der Waals surface area contributed by atoms with Crippen molar-refractivity contribution in [3.8, 4) is 17.1 Å². The summed E-state index contributed by atoms with van der Waals surface area (Å²) < 4.78 is 10.5.